The van der Waals surface area contributed by atoms with E-state index in [2.05, 4.69) is 0 Å². The fourth-order valence-electron chi connectivity index (χ4n) is 4.15. The van der Waals surface area contributed by atoms with E-state index >= 15 is 0 Å². The maximum atomic E-state index is 13.5. The topological polar surface area (TPSA) is 170 Å². The lowest BCUT2D eigenvalue weighted by Gasteiger charge is -2.33. The highest BCUT2D eigenvalue weighted by Gasteiger charge is 2.53. The van der Waals surface area contributed by atoms with Crippen LogP contribution in [0.2, 0.25) is 6.32 Å². The molecule has 1 aliphatic rings. The average Bonchev–Trinajstić information content (AvgIpc) is 3.07. The molecule has 0 unspecified atom stereocenters. The molecule has 0 radical (unpaired) electrons. The molecule has 10 nitrogen and oxygen atoms in total. The zero-order valence-corrected chi connectivity index (χ0v) is 18.6. The molecule has 31 heavy (non-hydrogen) atoms. The van der Waals surface area contributed by atoms with E-state index < -0.39 is 40.8 Å². The van der Waals surface area contributed by atoms with Crippen molar-refractivity contribution in [3.63, 3.8) is 0 Å². The van der Waals surface area contributed by atoms with Crippen LogP contribution in [0.4, 0.5) is 0 Å². The third-order valence-corrected chi connectivity index (χ3v) is 8.01. The Kier molecular flexibility index (Phi) is 9.01. The Balaban J connectivity index is 2.23. The first-order valence-electron chi connectivity index (χ1n) is 10.5. The number of hydrogen-bond acceptors (Lipinski definition) is 7. The maximum Gasteiger partial charge on any atom is 0.451 e. The van der Waals surface area contributed by atoms with Gasteiger partial charge in [-0.05, 0) is 24.7 Å². The van der Waals surface area contributed by atoms with Gasteiger partial charge >= 0.3 is 13.1 Å². The van der Waals surface area contributed by atoms with E-state index in [1.165, 1.54) is 4.31 Å². The predicted octanol–water partition coefficient (Wildman–Crippen LogP) is -0.910. The van der Waals surface area contributed by atoms with Crippen LogP contribution in [-0.2, 0) is 21.4 Å². The van der Waals surface area contributed by atoms with Gasteiger partial charge in [-0.1, -0.05) is 43.7 Å². The van der Waals surface area contributed by atoms with E-state index in [1.54, 1.807) is 6.92 Å². The van der Waals surface area contributed by atoms with Gasteiger partial charge in [0.25, 0.3) is 10.2 Å². The first kappa shape index (κ1) is 25.7. The number of carboxylic acid groups (broad SMARTS) is 1. The average molecular weight is 456 g/mol. The summed E-state index contributed by atoms with van der Waals surface area (Å²) in [5.41, 5.74) is 11.3. The summed E-state index contributed by atoms with van der Waals surface area (Å²) in [7, 11) is -5.52. The second kappa shape index (κ2) is 10.9. The van der Waals surface area contributed by atoms with Gasteiger partial charge in [0, 0.05) is 38.1 Å². The molecule has 2 rings (SSSR count). The van der Waals surface area contributed by atoms with E-state index in [0.717, 1.165) is 9.87 Å². The number of benzene rings is 1. The van der Waals surface area contributed by atoms with Crippen molar-refractivity contribution >= 4 is 23.3 Å². The number of rotatable bonds is 12. The zero-order chi connectivity index (χ0) is 23.2. The van der Waals surface area contributed by atoms with Gasteiger partial charge < -0.3 is 26.6 Å². The monoisotopic (exact) mass is 456 g/mol. The largest absolute Gasteiger partial charge is 0.480 e. The number of carboxylic acids is 1. The molecular weight excluding hydrogens is 423 g/mol. The van der Waals surface area contributed by atoms with E-state index in [-0.39, 0.29) is 38.9 Å². The Morgan fingerprint density at radius 2 is 2.00 bits per heavy atom. The van der Waals surface area contributed by atoms with Gasteiger partial charge in [0.15, 0.2) is 0 Å². The molecule has 1 aliphatic heterocycles. The smallest absolute Gasteiger partial charge is 0.451 e. The van der Waals surface area contributed by atoms with Gasteiger partial charge in [0.2, 0.25) is 0 Å². The highest BCUT2D eigenvalue weighted by Crippen LogP contribution is 2.33. The summed E-state index contributed by atoms with van der Waals surface area (Å²) in [5.74, 6) is -1.93. The summed E-state index contributed by atoms with van der Waals surface area (Å²) in [6.07, 6.45) is 1.08. The number of nitrogens with two attached hydrogens (primary N) is 2. The molecule has 1 aromatic rings. The minimum Gasteiger partial charge on any atom is -0.480 e. The molecule has 12 heteroatoms. The molecule has 174 valence electrons. The van der Waals surface area contributed by atoms with Crippen molar-refractivity contribution < 1.29 is 28.4 Å². The van der Waals surface area contributed by atoms with E-state index in [9.17, 15) is 18.3 Å². The molecule has 0 bridgehead atoms. The minimum absolute atomic E-state index is 0.0498. The predicted molar refractivity (Wildman–Crippen MR) is 118 cm³/mol. The van der Waals surface area contributed by atoms with Crippen molar-refractivity contribution in [1.82, 2.24) is 8.61 Å². The van der Waals surface area contributed by atoms with Crippen LogP contribution < -0.4 is 11.5 Å². The molecule has 0 aliphatic carbocycles. The number of hydrogen-bond donors (Lipinski definition) is 5. The van der Waals surface area contributed by atoms with E-state index in [1.807, 2.05) is 30.3 Å². The Morgan fingerprint density at radius 1 is 1.35 bits per heavy atom. The van der Waals surface area contributed by atoms with Crippen LogP contribution in [0.1, 0.15) is 25.3 Å². The Hall–Kier alpha value is -1.54. The molecule has 0 spiro atoms. The maximum absolute atomic E-state index is 13.5. The molecule has 7 N–H and O–H groups in total. The molecule has 1 fully saturated rings. The normalized spacial score (nSPS) is 23.2. The molecule has 0 saturated carbocycles. The Morgan fingerprint density at radius 3 is 2.52 bits per heavy atom. The lowest BCUT2D eigenvalue weighted by atomic mass is 9.78. The third-order valence-electron chi connectivity index (χ3n) is 5.93. The van der Waals surface area contributed by atoms with Crippen molar-refractivity contribution in [3.8, 4) is 0 Å². The molecule has 3 atom stereocenters. The van der Waals surface area contributed by atoms with Crippen LogP contribution in [0, 0.1) is 5.92 Å². The molecule has 0 amide bonds. The van der Waals surface area contributed by atoms with Crippen LogP contribution in [0.15, 0.2) is 30.3 Å². The molecular formula is C19H33BN4O6S. The lowest BCUT2D eigenvalue weighted by molar-refractivity contribution is -0.144. The third kappa shape index (κ3) is 6.04. The van der Waals surface area contributed by atoms with Crippen LogP contribution in [0.25, 0.3) is 0 Å². The molecule has 0 aromatic heterocycles. The first-order chi connectivity index (χ1) is 14.6. The SMILES string of the molecule is CCN([C@@H](CN)Cc1ccccc1)S(=O)(=O)N1C[C@H](CCCB(O)O)[C@](N)(C(=O)O)C1. The quantitative estimate of drug-likeness (QED) is 0.252. The van der Waals surface area contributed by atoms with Crippen LogP contribution in [0.3, 0.4) is 0 Å². The fraction of sp³-hybridized carbons (Fsp3) is 0.632. The van der Waals surface area contributed by atoms with Crippen LogP contribution in [-0.4, -0.2) is 83.0 Å². The lowest BCUT2D eigenvalue weighted by Crippen LogP contribution is -2.56. The number of likely N-dealkylation sites (N-methyl/N-ethyl adjacent to an activating group) is 1. The van der Waals surface area contributed by atoms with Gasteiger partial charge in [-0.2, -0.15) is 17.0 Å². The number of carbonyl (C=O) groups is 1. The summed E-state index contributed by atoms with van der Waals surface area (Å²) < 4.78 is 29.4. The zero-order valence-electron chi connectivity index (χ0n) is 17.8. The van der Waals surface area contributed by atoms with E-state index in [4.69, 9.17) is 21.5 Å². The van der Waals surface area contributed by atoms with Crippen molar-refractivity contribution in [2.24, 2.45) is 17.4 Å². The molecule has 1 heterocycles. The van der Waals surface area contributed by atoms with Crippen molar-refractivity contribution in [1.29, 1.82) is 0 Å². The standard InChI is InChI=1S/C19H33BN4O6S/c1-2-24(17(12-21)11-15-7-4-3-5-8-15)31(29,30)23-13-16(9-6-10-20(27)28)19(22,14-23)18(25)26/h3-5,7-8,16-17,27-28H,2,6,9-14,21-22H2,1H3,(H,25,26)/t16-,17+,19-/m0/s1. The summed E-state index contributed by atoms with van der Waals surface area (Å²) in [6.45, 7) is 1.61. The van der Waals surface area contributed by atoms with Crippen LogP contribution >= 0.6 is 0 Å². The van der Waals surface area contributed by atoms with Gasteiger partial charge in [-0.3, -0.25) is 4.79 Å². The highest BCUT2D eigenvalue weighted by molar-refractivity contribution is 7.86. The van der Waals surface area contributed by atoms with Gasteiger partial charge in [0.1, 0.15) is 5.54 Å². The summed E-state index contributed by atoms with van der Waals surface area (Å²) in [5, 5.41) is 27.8. The Labute approximate surface area is 184 Å². The summed E-state index contributed by atoms with van der Waals surface area (Å²) in [6, 6.07) is 8.94. The fourth-order valence-corrected chi connectivity index (χ4v) is 6.06. The van der Waals surface area contributed by atoms with Crippen molar-refractivity contribution in [2.75, 3.05) is 26.2 Å². The van der Waals surface area contributed by atoms with Gasteiger partial charge in [0.05, 0.1) is 0 Å². The first-order valence-corrected chi connectivity index (χ1v) is 11.8. The summed E-state index contributed by atoms with van der Waals surface area (Å²) >= 11 is 0. The van der Waals surface area contributed by atoms with Gasteiger partial charge in [-0.15, -0.1) is 0 Å². The summed E-state index contributed by atoms with van der Waals surface area (Å²) in [4.78, 5) is 11.9. The van der Waals surface area contributed by atoms with E-state index in [0.29, 0.717) is 12.8 Å². The molecule has 1 saturated heterocycles. The van der Waals surface area contributed by atoms with Crippen molar-refractivity contribution in [3.05, 3.63) is 35.9 Å². The number of aliphatic carboxylic acids is 1. The van der Waals surface area contributed by atoms with Crippen LogP contribution in [0.5, 0.6) is 0 Å². The highest BCUT2D eigenvalue weighted by atomic mass is 32.2. The Bertz CT molecular complexity index is 828. The van der Waals surface area contributed by atoms with Gasteiger partial charge in [-0.25, -0.2) is 0 Å². The number of nitrogens with zero attached hydrogens (tertiary/aromatic N) is 2. The second-order valence-electron chi connectivity index (χ2n) is 8.04. The minimum atomic E-state index is -4.02. The van der Waals surface area contributed by atoms with Crippen molar-refractivity contribution in [2.45, 2.75) is 44.1 Å². The molecule has 1 aromatic carbocycles. The second-order valence-corrected chi connectivity index (χ2v) is 9.92.